The standard InChI is InChI=1S/C12H25N3O2/c1-3-10(2)8-12(16)14-11(13)9-15-4-6-17-7-5-15/h10-11H,3-9,13H2,1-2H3,(H,14,16). The van der Waals surface area contributed by atoms with Crippen molar-refractivity contribution in [2.75, 3.05) is 32.8 Å². The predicted octanol–water partition coefficient (Wildman–Crippen LogP) is 0.156. The van der Waals surface area contributed by atoms with Gasteiger partial charge in [0.1, 0.15) is 0 Å². The molecule has 1 rings (SSSR count). The summed E-state index contributed by atoms with van der Waals surface area (Å²) in [6, 6.07) is 0. The molecule has 1 fully saturated rings. The fraction of sp³-hybridized carbons (Fsp3) is 0.917. The van der Waals surface area contributed by atoms with Gasteiger partial charge in [0.25, 0.3) is 0 Å². The van der Waals surface area contributed by atoms with E-state index in [1.165, 1.54) is 0 Å². The molecule has 1 amide bonds. The van der Waals surface area contributed by atoms with Gasteiger partial charge in [-0.25, -0.2) is 0 Å². The lowest BCUT2D eigenvalue weighted by molar-refractivity contribution is -0.122. The Kier molecular flexibility index (Phi) is 6.47. The van der Waals surface area contributed by atoms with Crippen LogP contribution in [0.25, 0.3) is 0 Å². The average Bonchev–Trinajstić information content (AvgIpc) is 2.29. The van der Waals surface area contributed by atoms with E-state index in [1.807, 2.05) is 0 Å². The zero-order chi connectivity index (χ0) is 12.7. The number of ether oxygens (including phenoxy) is 1. The summed E-state index contributed by atoms with van der Waals surface area (Å²) >= 11 is 0. The van der Waals surface area contributed by atoms with Crippen LogP contribution < -0.4 is 11.1 Å². The van der Waals surface area contributed by atoms with Crippen LogP contribution in [0.3, 0.4) is 0 Å². The Balaban J connectivity index is 2.18. The van der Waals surface area contributed by atoms with Crippen molar-refractivity contribution in [3.8, 4) is 0 Å². The molecule has 1 saturated heterocycles. The molecule has 5 heteroatoms. The average molecular weight is 243 g/mol. The van der Waals surface area contributed by atoms with Crippen LogP contribution in [0.5, 0.6) is 0 Å². The smallest absolute Gasteiger partial charge is 0.221 e. The first-order chi connectivity index (χ1) is 8.11. The predicted molar refractivity (Wildman–Crippen MR) is 67.4 cm³/mol. The Morgan fingerprint density at radius 3 is 2.71 bits per heavy atom. The van der Waals surface area contributed by atoms with Crippen LogP contribution in [0, 0.1) is 5.92 Å². The maximum atomic E-state index is 11.6. The zero-order valence-electron chi connectivity index (χ0n) is 10.9. The van der Waals surface area contributed by atoms with E-state index < -0.39 is 0 Å². The first-order valence-electron chi connectivity index (χ1n) is 6.46. The topological polar surface area (TPSA) is 67.6 Å². The third kappa shape index (κ3) is 6.00. The second-order valence-corrected chi connectivity index (χ2v) is 4.80. The van der Waals surface area contributed by atoms with Gasteiger partial charge in [0.2, 0.25) is 5.91 Å². The van der Waals surface area contributed by atoms with Gasteiger partial charge in [-0.3, -0.25) is 9.69 Å². The number of nitrogens with one attached hydrogen (secondary N) is 1. The highest BCUT2D eigenvalue weighted by atomic mass is 16.5. The van der Waals surface area contributed by atoms with Crippen molar-refractivity contribution < 1.29 is 9.53 Å². The molecule has 0 spiro atoms. The number of hydrogen-bond donors (Lipinski definition) is 2. The van der Waals surface area contributed by atoms with Crippen molar-refractivity contribution in [2.24, 2.45) is 11.7 Å². The van der Waals surface area contributed by atoms with Crippen LogP contribution in [-0.2, 0) is 9.53 Å². The second kappa shape index (κ2) is 7.63. The number of carbonyl (C=O) groups excluding carboxylic acids is 1. The molecule has 0 saturated carbocycles. The number of nitrogens with zero attached hydrogens (tertiary/aromatic N) is 1. The molecule has 5 nitrogen and oxygen atoms in total. The monoisotopic (exact) mass is 243 g/mol. The molecule has 2 unspecified atom stereocenters. The highest BCUT2D eigenvalue weighted by Gasteiger charge is 2.16. The Hall–Kier alpha value is -0.650. The second-order valence-electron chi connectivity index (χ2n) is 4.80. The van der Waals surface area contributed by atoms with Gasteiger partial charge in [0.05, 0.1) is 19.4 Å². The summed E-state index contributed by atoms with van der Waals surface area (Å²) in [5.74, 6) is 0.477. The Morgan fingerprint density at radius 2 is 2.12 bits per heavy atom. The summed E-state index contributed by atoms with van der Waals surface area (Å²) in [7, 11) is 0. The summed E-state index contributed by atoms with van der Waals surface area (Å²) in [5.41, 5.74) is 5.91. The molecule has 17 heavy (non-hydrogen) atoms. The van der Waals surface area contributed by atoms with E-state index in [2.05, 4.69) is 24.1 Å². The Bertz CT molecular complexity index is 230. The van der Waals surface area contributed by atoms with Crippen LogP contribution in [0.4, 0.5) is 0 Å². The van der Waals surface area contributed by atoms with Crippen molar-refractivity contribution in [1.82, 2.24) is 10.2 Å². The van der Waals surface area contributed by atoms with E-state index in [0.29, 0.717) is 18.9 Å². The largest absolute Gasteiger partial charge is 0.379 e. The molecule has 0 bridgehead atoms. The first kappa shape index (κ1) is 14.4. The molecule has 100 valence electrons. The van der Waals surface area contributed by atoms with Gasteiger partial charge in [-0.05, 0) is 5.92 Å². The van der Waals surface area contributed by atoms with Crippen LogP contribution in [0.1, 0.15) is 26.7 Å². The zero-order valence-corrected chi connectivity index (χ0v) is 10.9. The normalized spacial score (nSPS) is 20.9. The van der Waals surface area contributed by atoms with Crippen molar-refractivity contribution in [2.45, 2.75) is 32.9 Å². The lowest BCUT2D eigenvalue weighted by Crippen LogP contribution is -2.51. The molecule has 0 aromatic carbocycles. The van der Waals surface area contributed by atoms with E-state index in [4.69, 9.17) is 10.5 Å². The van der Waals surface area contributed by atoms with E-state index >= 15 is 0 Å². The third-order valence-electron chi connectivity index (χ3n) is 3.14. The van der Waals surface area contributed by atoms with E-state index in [1.54, 1.807) is 0 Å². The van der Waals surface area contributed by atoms with Gasteiger partial charge in [-0.15, -0.1) is 0 Å². The fourth-order valence-corrected chi connectivity index (χ4v) is 1.83. The molecule has 0 radical (unpaired) electrons. The van der Waals surface area contributed by atoms with Crippen molar-refractivity contribution >= 4 is 5.91 Å². The lowest BCUT2D eigenvalue weighted by atomic mass is 10.1. The Morgan fingerprint density at radius 1 is 1.47 bits per heavy atom. The quantitative estimate of drug-likeness (QED) is 0.652. The molecule has 2 atom stereocenters. The molecule has 0 aliphatic carbocycles. The van der Waals surface area contributed by atoms with Gasteiger partial charge < -0.3 is 15.8 Å². The van der Waals surface area contributed by atoms with Gasteiger partial charge in [0.15, 0.2) is 0 Å². The van der Waals surface area contributed by atoms with E-state index in [9.17, 15) is 4.79 Å². The number of morpholine rings is 1. The number of rotatable bonds is 6. The molecule has 1 heterocycles. The number of nitrogens with two attached hydrogens (primary N) is 1. The van der Waals surface area contributed by atoms with Gasteiger partial charge in [-0.2, -0.15) is 0 Å². The number of carbonyl (C=O) groups is 1. The molecule has 1 aliphatic rings. The van der Waals surface area contributed by atoms with Crippen molar-refractivity contribution in [3.05, 3.63) is 0 Å². The van der Waals surface area contributed by atoms with Crippen LogP contribution in [0.2, 0.25) is 0 Å². The summed E-state index contributed by atoms with van der Waals surface area (Å²) in [6.45, 7) is 8.18. The third-order valence-corrected chi connectivity index (χ3v) is 3.14. The van der Waals surface area contributed by atoms with Crippen LogP contribution in [0.15, 0.2) is 0 Å². The lowest BCUT2D eigenvalue weighted by Gasteiger charge is -2.29. The van der Waals surface area contributed by atoms with E-state index in [0.717, 1.165) is 32.7 Å². The maximum Gasteiger partial charge on any atom is 0.221 e. The van der Waals surface area contributed by atoms with Gasteiger partial charge >= 0.3 is 0 Å². The molecule has 0 aromatic heterocycles. The van der Waals surface area contributed by atoms with Crippen molar-refractivity contribution in [1.29, 1.82) is 0 Å². The molecule has 3 N–H and O–H groups in total. The van der Waals surface area contributed by atoms with Crippen LogP contribution in [-0.4, -0.2) is 49.8 Å². The first-order valence-corrected chi connectivity index (χ1v) is 6.46. The minimum Gasteiger partial charge on any atom is -0.379 e. The molecule has 1 aliphatic heterocycles. The highest BCUT2D eigenvalue weighted by molar-refractivity contribution is 5.76. The number of amides is 1. The van der Waals surface area contributed by atoms with E-state index in [-0.39, 0.29) is 12.1 Å². The maximum absolute atomic E-state index is 11.6. The minimum absolute atomic E-state index is 0.0557. The number of hydrogen-bond acceptors (Lipinski definition) is 4. The molecular weight excluding hydrogens is 218 g/mol. The Labute approximate surface area is 104 Å². The van der Waals surface area contributed by atoms with Gasteiger partial charge in [-0.1, -0.05) is 20.3 Å². The van der Waals surface area contributed by atoms with Crippen molar-refractivity contribution in [3.63, 3.8) is 0 Å². The summed E-state index contributed by atoms with van der Waals surface area (Å²) < 4.78 is 5.26. The van der Waals surface area contributed by atoms with Gasteiger partial charge in [0, 0.05) is 26.1 Å². The minimum atomic E-state index is -0.273. The SMILES string of the molecule is CCC(C)CC(=O)NC(N)CN1CCOCC1. The van der Waals surface area contributed by atoms with Crippen LogP contribution >= 0.6 is 0 Å². The fourth-order valence-electron chi connectivity index (χ4n) is 1.83. The summed E-state index contributed by atoms with van der Waals surface area (Å²) in [4.78, 5) is 13.9. The highest BCUT2D eigenvalue weighted by Crippen LogP contribution is 2.05. The summed E-state index contributed by atoms with van der Waals surface area (Å²) in [5, 5.41) is 2.85. The molecule has 0 aromatic rings. The summed E-state index contributed by atoms with van der Waals surface area (Å²) in [6.07, 6.45) is 1.31. The molecular formula is C12H25N3O2.